The normalized spacial score (nSPS) is 48.3. The standard InChI is InChI=1S/C79H131N5O57/c1-18-40(98)51(109)56(114)72(124-18)121-16-34-62(48(106)36(68(118)126-34)81-21(4)92)134-69-37(82-22(5)93)49(107)61(31(14-90)130-69)136-75-59(117)65(47(105)32(132-75)15-122-76-66(54(112)43(101)27(10-86)128-76)139-71-39(84-24(7)95)63(46(104)29(12-88)127-71)137-73-57(115)52(110)41(99)19(2)125-73)138-77-67(55(113)44(102)28(11-87)129-77)140-70-38(83-23(6)94)50(108)60(30(13-89)131-70)135-74-58(116)53(111)45(103)33(133-74)17-123-79(78(119)120)8-25(96)35(80-20(3)91)64(141-79)42(100)26(97)9-85/h18-19,25-77,85-90,96-118H,8-17H2,1-7H3,(H,80,91)(H,81,92)(H,82,93)(H,83,94)(H,84,95)(H,119,120)/t18-,19-,25-,26+,27+,28+,29+,30+,31+,32+,33+,34+,35+,36+,37+,38+,39+,40+,41+,42+,43+,44+,45-,46+,47+,48+,49+,50+,51+,52+,53-,54-,55-,56-,57-,58+,59-,60+,61+,62+,63+,64+,65-,66-,67-,68+,69-,70-,71-,72+,73-,74-,75-,76-,77+,79+/m0/s1. The molecule has 0 unspecified atom stereocenters. The van der Waals surface area contributed by atoms with Crippen LogP contribution in [-0.4, -0.2) is 591 Å². The van der Waals surface area contributed by atoms with E-state index in [1.165, 1.54) is 13.8 Å². The van der Waals surface area contributed by atoms with Crippen molar-refractivity contribution in [2.45, 2.75) is 398 Å². The number of hydrogen-bond donors (Lipinski definition) is 35. The molecule has 62 nitrogen and oxygen atoms in total. The van der Waals surface area contributed by atoms with Crippen LogP contribution in [0.5, 0.6) is 0 Å². The van der Waals surface area contributed by atoms with Gasteiger partial charge in [0.2, 0.25) is 29.5 Å². The zero-order chi connectivity index (χ0) is 104. The fourth-order valence-electron chi connectivity index (χ4n) is 18.2. The topological polar surface area (TPSA) is 963 Å². The van der Waals surface area contributed by atoms with E-state index in [1.54, 1.807) is 0 Å². The van der Waals surface area contributed by atoms with E-state index in [0.717, 1.165) is 34.6 Å². The van der Waals surface area contributed by atoms with Crippen LogP contribution in [-0.2, 0) is 128 Å². The van der Waals surface area contributed by atoms with Crippen LogP contribution in [0.3, 0.4) is 0 Å². The molecule has 56 atom stereocenters. The quantitative estimate of drug-likeness (QED) is 0.0275. The molecule has 11 aliphatic rings. The lowest BCUT2D eigenvalue weighted by Gasteiger charge is -2.51. The molecular formula is C79H131N5O57. The third-order valence-corrected chi connectivity index (χ3v) is 25.9. The molecular weight excluding hydrogens is 1930 g/mol. The average molecular weight is 2060 g/mol. The van der Waals surface area contributed by atoms with Gasteiger partial charge in [-0.05, 0) is 13.8 Å². The lowest BCUT2D eigenvalue weighted by molar-refractivity contribution is -0.399. The van der Waals surface area contributed by atoms with Crippen molar-refractivity contribution in [3.63, 3.8) is 0 Å². The molecule has 0 saturated carbocycles. The number of aliphatic carboxylic acids is 1. The van der Waals surface area contributed by atoms with Crippen molar-refractivity contribution < 1.29 is 281 Å². The van der Waals surface area contributed by atoms with Gasteiger partial charge in [0.25, 0.3) is 5.79 Å². The molecule has 0 aromatic rings. The molecule has 62 heteroatoms. The second kappa shape index (κ2) is 50.0. The van der Waals surface area contributed by atoms with Crippen LogP contribution >= 0.6 is 0 Å². The molecule has 5 amide bonds. The van der Waals surface area contributed by atoms with Gasteiger partial charge in [-0.15, -0.1) is 0 Å². The third kappa shape index (κ3) is 25.9. The summed E-state index contributed by atoms with van der Waals surface area (Å²) in [7, 11) is 0. The Hall–Kier alpha value is -5.18. The zero-order valence-electron chi connectivity index (χ0n) is 76.3. The maximum absolute atomic E-state index is 13.4. The molecule has 0 aromatic heterocycles. The molecule has 141 heavy (non-hydrogen) atoms. The van der Waals surface area contributed by atoms with Crippen molar-refractivity contribution >= 4 is 35.5 Å². The molecule has 0 aromatic carbocycles. The van der Waals surface area contributed by atoms with Gasteiger partial charge in [0.15, 0.2) is 62.9 Å². The molecule has 814 valence electrons. The lowest BCUT2D eigenvalue weighted by Crippen LogP contribution is -2.71. The van der Waals surface area contributed by atoms with E-state index < -0.39 is 444 Å². The Balaban J connectivity index is 0.913. The first kappa shape index (κ1) is 116. The Labute approximate surface area is 798 Å². The minimum atomic E-state index is -3.12. The van der Waals surface area contributed by atoms with Crippen molar-refractivity contribution in [2.75, 3.05) is 59.5 Å². The minimum absolute atomic E-state index is 0.852. The first-order valence-corrected chi connectivity index (χ1v) is 45.0. The van der Waals surface area contributed by atoms with Gasteiger partial charge in [-0.3, -0.25) is 24.0 Å². The molecule has 35 N–H and O–H groups in total. The number of aliphatic hydroxyl groups excluding tert-OH is 29. The minimum Gasteiger partial charge on any atom is -0.477 e. The second-order valence-electron chi connectivity index (χ2n) is 36.0. The highest BCUT2D eigenvalue weighted by molar-refractivity contribution is 5.77. The van der Waals surface area contributed by atoms with Crippen LogP contribution in [0.4, 0.5) is 0 Å². The molecule has 0 radical (unpaired) electrons. The van der Waals surface area contributed by atoms with Gasteiger partial charge in [-0.1, -0.05) is 0 Å². The summed E-state index contributed by atoms with van der Waals surface area (Å²) in [4.78, 5) is 77.6. The van der Waals surface area contributed by atoms with Gasteiger partial charge in [-0.2, -0.15) is 0 Å². The fourth-order valence-corrected chi connectivity index (χ4v) is 18.2. The molecule has 11 saturated heterocycles. The Kier molecular flexibility index (Phi) is 41.1. The number of carboxylic acids is 1. The lowest BCUT2D eigenvalue weighted by atomic mass is 9.88. The van der Waals surface area contributed by atoms with Crippen molar-refractivity contribution in [2.24, 2.45) is 0 Å². The SMILES string of the molecule is CC(=O)N[C@@H]1[C@@H](O)[C@H](O[C@@H]2O[C@H](CO)[C@@H](O[C@@H]3O[C@H](CO[C@H]4O[C@H](CO)[C@@H](O)[C@H](O)[C@@H]4O[C@@H]4O[C@H](CO)[C@@H](O)[C@H](O[C@@H]5O[C@@H](C)[C@@H](O)[C@@H](O)[C@@H]5O)[C@H]4NC(C)=O)[C@@H](O)[C@H](O[C@H]4O[C@H](CO)[C@@H](O)[C@H](O)[C@@H]4O[C@@H]4O[C@H](CO)[C@@H](O[C@@H]5O[C@H](CO[C@]6(C(=O)O)C[C@H](O)[C@@H](NC(C)=O)[C@H]([C@H](O)[C@H](O)CO)O6)[C@H](O)[C@H](O)[C@H]5O)[C@H](O)[C@H]4NC(C)=O)[C@@H]3O)[C@H](O)[C@H]2NC(C)=O)[C@@H](CO[C@@H]2O[C@@H](C)[C@@H](O)[C@@H](O)[C@@H]2O)O[C@H]1O. The summed E-state index contributed by atoms with van der Waals surface area (Å²) in [5, 5.41) is 350. The first-order valence-electron chi connectivity index (χ1n) is 45.0. The molecule has 11 aliphatic heterocycles. The number of carbonyl (C=O) groups excluding carboxylic acids is 5. The molecule has 11 fully saturated rings. The highest BCUT2D eigenvalue weighted by Gasteiger charge is 2.64. The highest BCUT2D eigenvalue weighted by Crippen LogP contribution is 2.43. The van der Waals surface area contributed by atoms with Gasteiger partial charge in [0, 0.05) is 41.0 Å². The van der Waals surface area contributed by atoms with E-state index in [2.05, 4.69) is 26.6 Å². The monoisotopic (exact) mass is 2060 g/mol. The number of ether oxygens (including phenoxy) is 21. The number of carboxylic acid groups (broad SMARTS) is 1. The molecule has 0 bridgehead atoms. The Bertz CT molecular complexity index is 3990. The maximum atomic E-state index is 13.4. The van der Waals surface area contributed by atoms with Gasteiger partial charge in [0.05, 0.1) is 83.8 Å². The van der Waals surface area contributed by atoms with Gasteiger partial charge < -0.3 is 279 Å². The van der Waals surface area contributed by atoms with E-state index in [0.29, 0.717) is 0 Å². The van der Waals surface area contributed by atoms with Crippen LogP contribution in [0, 0.1) is 0 Å². The number of rotatable bonds is 37. The van der Waals surface area contributed by atoms with E-state index in [1.807, 2.05) is 0 Å². The van der Waals surface area contributed by atoms with Crippen LogP contribution in [0.2, 0.25) is 0 Å². The summed E-state index contributed by atoms with van der Waals surface area (Å²) in [6, 6.07) is -9.62. The van der Waals surface area contributed by atoms with Crippen LogP contribution in [0.25, 0.3) is 0 Å². The van der Waals surface area contributed by atoms with E-state index in [9.17, 15) is 182 Å². The molecule has 11 heterocycles. The fraction of sp³-hybridized carbons (Fsp3) is 0.924. The van der Waals surface area contributed by atoms with Crippen LogP contribution in [0.1, 0.15) is 54.9 Å². The predicted molar refractivity (Wildman–Crippen MR) is 435 cm³/mol. The first-order chi connectivity index (χ1) is 66.4. The Morgan fingerprint density at radius 3 is 1.13 bits per heavy atom. The van der Waals surface area contributed by atoms with Gasteiger partial charge in [0.1, 0.15) is 250 Å². The van der Waals surface area contributed by atoms with Gasteiger partial charge in [-0.25, -0.2) is 4.79 Å². The van der Waals surface area contributed by atoms with E-state index in [-0.39, 0.29) is 0 Å². The highest BCUT2D eigenvalue weighted by atomic mass is 16.8. The predicted octanol–water partition coefficient (Wildman–Crippen LogP) is -23.0. The number of hydrogen-bond acceptors (Lipinski definition) is 56. The third-order valence-electron chi connectivity index (χ3n) is 25.9. The van der Waals surface area contributed by atoms with Crippen LogP contribution < -0.4 is 26.6 Å². The Morgan fingerprint density at radius 1 is 0.305 bits per heavy atom. The van der Waals surface area contributed by atoms with Gasteiger partial charge >= 0.3 is 5.97 Å². The van der Waals surface area contributed by atoms with Crippen molar-refractivity contribution in [1.29, 1.82) is 0 Å². The van der Waals surface area contributed by atoms with Crippen molar-refractivity contribution in [1.82, 2.24) is 26.6 Å². The molecule has 11 rings (SSSR count). The summed E-state index contributed by atoms with van der Waals surface area (Å²) >= 11 is 0. The van der Waals surface area contributed by atoms with Crippen molar-refractivity contribution in [3.8, 4) is 0 Å². The van der Waals surface area contributed by atoms with Crippen molar-refractivity contribution in [3.05, 3.63) is 0 Å². The average Bonchev–Trinajstić information content (AvgIpc) is 0.793. The number of carbonyl (C=O) groups is 6. The smallest absolute Gasteiger partial charge is 0.364 e. The number of amides is 5. The molecule has 0 aliphatic carbocycles. The number of nitrogens with one attached hydrogen (secondary N) is 5. The summed E-state index contributed by atoms with van der Waals surface area (Å²) in [5.74, 6) is -9.97. The second-order valence-corrected chi connectivity index (χ2v) is 36.0. The summed E-state index contributed by atoms with van der Waals surface area (Å²) < 4.78 is 125. The zero-order valence-corrected chi connectivity index (χ0v) is 76.3. The number of aliphatic hydroxyl groups is 29. The summed E-state index contributed by atoms with van der Waals surface area (Å²) in [6.07, 6.45) is -108. The largest absolute Gasteiger partial charge is 0.477 e. The Morgan fingerprint density at radius 2 is 0.638 bits per heavy atom. The summed E-state index contributed by atoms with van der Waals surface area (Å²) in [5.41, 5.74) is 0. The molecule has 0 spiro atoms. The van der Waals surface area contributed by atoms with E-state index in [4.69, 9.17) is 99.5 Å². The van der Waals surface area contributed by atoms with E-state index >= 15 is 0 Å². The summed E-state index contributed by atoms with van der Waals surface area (Å²) in [6.45, 7) is -3.62. The maximum Gasteiger partial charge on any atom is 0.364 e. The van der Waals surface area contributed by atoms with Crippen LogP contribution in [0.15, 0.2) is 0 Å².